The van der Waals surface area contributed by atoms with Crippen LogP contribution in [0.3, 0.4) is 0 Å². The van der Waals surface area contributed by atoms with Crippen molar-refractivity contribution in [3.8, 4) is 0 Å². The van der Waals surface area contributed by atoms with Crippen LogP contribution >= 0.6 is 0 Å². The van der Waals surface area contributed by atoms with Crippen LogP contribution in [-0.2, 0) is 11.2 Å². The van der Waals surface area contributed by atoms with Gasteiger partial charge in [0.1, 0.15) is 0 Å². The summed E-state index contributed by atoms with van der Waals surface area (Å²) in [5.41, 5.74) is 7.22. The number of rotatable bonds is 1. The van der Waals surface area contributed by atoms with Gasteiger partial charge in [-0.2, -0.15) is 0 Å². The van der Waals surface area contributed by atoms with Crippen molar-refractivity contribution >= 4 is 0 Å². The summed E-state index contributed by atoms with van der Waals surface area (Å²) < 4.78 is 7.66. The third-order valence-corrected chi connectivity index (χ3v) is 57.5. The van der Waals surface area contributed by atoms with E-state index in [0.29, 0.717) is 8.94 Å². The fraction of sp³-hybridized carbons (Fsp3) is 1.00. The minimum atomic E-state index is -3.27. The van der Waals surface area contributed by atoms with E-state index in [1.54, 1.807) is 0 Å². The molecule has 5 unspecified atom stereocenters. The predicted molar refractivity (Wildman–Crippen MR) is 60.5 cm³/mol. The van der Waals surface area contributed by atoms with E-state index in [1.165, 1.54) is 28.9 Å². The van der Waals surface area contributed by atoms with Gasteiger partial charge in [0.15, 0.2) is 0 Å². The number of fused-ring (bicyclic) bond motifs is 10. The molecular formula is C14H19FeNO. The average molecular weight is 273 g/mol. The molecule has 0 aromatic carbocycles. The van der Waals surface area contributed by atoms with E-state index in [4.69, 9.17) is 10.5 Å². The molecule has 0 saturated carbocycles. The van der Waals surface area contributed by atoms with Gasteiger partial charge in [0.2, 0.25) is 0 Å². The number of ether oxygens (including phenoxy) is 1. The number of hydrogen-bond donors (Lipinski definition) is 1. The van der Waals surface area contributed by atoms with E-state index >= 15 is 0 Å². The fourth-order valence-electron chi connectivity index (χ4n) is 17.2. The monoisotopic (exact) mass is 273 g/mol. The molecule has 10 saturated heterocycles. The normalized spacial score (nSPS) is 125. The van der Waals surface area contributed by atoms with Gasteiger partial charge in [0.25, 0.3) is 0 Å². The van der Waals surface area contributed by atoms with E-state index in [-0.39, 0.29) is 5.60 Å². The molecule has 10 aliphatic heterocycles. The molecule has 3 heteroatoms. The second-order valence-corrected chi connectivity index (χ2v) is 35.2. The third kappa shape index (κ3) is 0.0629. The molecule has 10 aliphatic rings. The van der Waals surface area contributed by atoms with Crippen LogP contribution in [0.25, 0.3) is 0 Å². The molecule has 10 fully saturated rings. The molecule has 94 valence electrons. The summed E-state index contributed by atoms with van der Waals surface area (Å²) in [4.78, 5) is 9.81. The molecule has 10 rings (SSSR count). The van der Waals surface area contributed by atoms with Gasteiger partial charge in [-0.15, -0.1) is 0 Å². The van der Waals surface area contributed by atoms with Crippen LogP contribution < -0.4 is 5.73 Å². The van der Waals surface area contributed by atoms with E-state index in [2.05, 4.69) is 20.8 Å². The van der Waals surface area contributed by atoms with Crippen LogP contribution in [0.5, 0.6) is 0 Å². The Morgan fingerprint density at radius 1 is 0.941 bits per heavy atom. The molecule has 0 amide bonds. The summed E-state index contributed by atoms with van der Waals surface area (Å²) in [7, 11) is 0. The van der Waals surface area contributed by atoms with Crippen molar-refractivity contribution in [2.75, 3.05) is 0 Å². The Morgan fingerprint density at radius 2 is 1.47 bits per heavy atom. The SMILES string of the molecule is CC(C)(C)O[C]12[CH]3[CH]4[CH]5[C]1(N)[Fe]45321678[CH]2[CH]1[CH]6[CH]7[CH]28. The maximum atomic E-state index is 7.18. The first-order chi connectivity index (χ1) is 7.64. The van der Waals surface area contributed by atoms with Crippen molar-refractivity contribution in [2.45, 2.75) is 73.8 Å². The molecule has 0 bridgehead atoms. The average Bonchev–Trinajstić information content (AvgIpc) is 3.12. The molecule has 0 radical (unpaired) electrons. The first-order valence-electron chi connectivity index (χ1n) is 7.34. The zero-order valence-corrected chi connectivity index (χ0v) is 11.6. The summed E-state index contributed by atoms with van der Waals surface area (Å²) >= 11 is 0. The molecule has 0 aliphatic carbocycles. The van der Waals surface area contributed by atoms with Gasteiger partial charge in [-0.1, -0.05) is 0 Å². The Balaban J connectivity index is 1.61. The Hall–Kier alpha value is 0.439. The van der Waals surface area contributed by atoms with Crippen LogP contribution in [0.15, 0.2) is 0 Å². The van der Waals surface area contributed by atoms with Gasteiger partial charge in [-0.05, 0) is 0 Å². The predicted octanol–water partition coefficient (Wildman–Crippen LogP) is 2.96. The van der Waals surface area contributed by atoms with E-state index in [9.17, 15) is 0 Å². The Morgan fingerprint density at radius 3 is 1.65 bits per heavy atom. The van der Waals surface area contributed by atoms with Gasteiger partial charge in [-0.3, -0.25) is 0 Å². The summed E-state index contributed by atoms with van der Waals surface area (Å²) in [5, 5.41) is 0. The van der Waals surface area contributed by atoms with Gasteiger partial charge in [0, 0.05) is 0 Å². The van der Waals surface area contributed by atoms with Crippen molar-refractivity contribution in [1.29, 1.82) is 0 Å². The van der Waals surface area contributed by atoms with Crippen molar-refractivity contribution in [3.63, 3.8) is 0 Å². The Bertz CT molecular complexity index is 978. The number of nitrogens with two attached hydrogens (primary N) is 1. The maximum absolute atomic E-state index is 7.18. The van der Waals surface area contributed by atoms with E-state index in [1.807, 2.05) is 0 Å². The Labute approximate surface area is 90.9 Å². The Kier molecular flexibility index (Phi) is 0.199. The first-order valence-corrected chi connectivity index (χ1v) is 13.5. The van der Waals surface area contributed by atoms with Gasteiger partial charge < -0.3 is 0 Å². The molecule has 5 atom stereocenters. The molecule has 1 spiro atoms. The van der Waals surface area contributed by atoms with Crippen LogP contribution in [0.2, 0.25) is 38.5 Å². The molecule has 2 N–H and O–H groups in total. The van der Waals surface area contributed by atoms with Crippen molar-refractivity contribution in [2.24, 2.45) is 5.73 Å². The summed E-state index contributed by atoms with van der Waals surface area (Å²) in [6, 6.07) is 0. The van der Waals surface area contributed by atoms with Crippen LogP contribution in [0.1, 0.15) is 20.8 Å². The molecule has 0 aromatic heterocycles. The minimum absolute atomic E-state index is 0.0458. The first kappa shape index (κ1) is 6.74. The van der Waals surface area contributed by atoms with Crippen LogP contribution in [-0.4, -0.2) is 14.5 Å². The zero-order chi connectivity index (χ0) is 11.1. The molecule has 10 heterocycles. The van der Waals surface area contributed by atoms with E-state index in [0.717, 1.165) is 9.63 Å². The second kappa shape index (κ2) is 0.501. The van der Waals surface area contributed by atoms with Crippen molar-refractivity contribution < 1.29 is 11.2 Å². The quantitative estimate of drug-likeness (QED) is 0.745. The fourth-order valence-corrected chi connectivity index (χ4v) is 90.0. The standard InChI is InChI=1S/C9H14NO.C5H5.Fe/c1-9(2,3)11-8-6-4-5-7(8)10;1-2-4-5-3-1;/h4-6H,10H2,1-3H3;1-5H;. The van der Waals surface area contributed by atoms with Gasteiger partial charge in [0.05, 0.1) is 0 Å². The summed E-state index contributed by atoms with van der Waals surface area (Å²) in [5.74, 6) is 0. The molecule has 0 aromatic rings. The van der Waals surface area contributed by atoms with Crippen LogP contribution in [0.4, 0.5) is 0 Å². The van der Waals surface area contributed by atoms with Gasteiger partial charge in [-0.25, -0.2) is 0 Å². The number of hydrogen-bond acceptors (Lipinski definition) is 2. The second-order valence-electron chi connectivity index (χ2n) is 12.0. The molecule has 17 heavy (non-hydrogen) atoms. The van der Waals surface area contributed by atoms with Gasteiger partial charge >= 0.3 is 90.8 Å². The molecular weight excluding hydrogens is 254 g/mol. The van der Waals surface area contributed by atoms with Crippen molar-refractivity contribution in [3.05, 3.63) is 0 Å². The summed E-state index contributed by atoms with van der Waals surface area (Å²) in [6.07, 6.45) is 0. The topological polar surface area (TPSA) is 35.2 Å². The molecule has 2 nitrogen and oxygen atoms in total. The van der Waals surface area contributed by atoms with Crippen molar-refractivity contribution in [1.82, 2.24) is 0 Å². The zero-order valence-electron chi connectivity index (χ0n) is 10.5. The van der Waals surface area contributed by atoms with E-state index < -0.39 is 6.51 Å². The third-order valence-electron chi connectivity index (χ3n) is 15.3. The van der Waals surface area contributed by atoms with Crippen LogP contribution in [0, 0.1) is 0 Å². The summed E-state index contributed by atoms with van der Waals surface area (Å²) in [6.45, 7) is 3.53.